The fourth-order valence-electron chi connectivity index (χ4n) is 1.80. The Bertz CT molecular complexity index is 453. The summed E-state index contributed by atoms with van der Waals surface area (Å²) in [6.45, 7) is 3.13. The van der Waals surface area contributed by atoms with Crippen molar-refractivity contribution in [1.29, 1.82) is 0 Å². The van der Waals surface area contributed by atoms with E-state index in [-0.39, 0.29) is 0 Å². The van der Waals surface area contributed by atoms with Crippen molar-refractivity contribution >= 4 is 22.9 Å². The van der Waals surface area contributed by atoms with E-state index in [1.54, 1.807) is 0 Å². The maximum Gasteiger partial charge on any atom is 0.0453 e. The first-order valence-corrected chi connectivity index (χ1v) is 7.03. The quantitative estimate of drug-likeness (QED) is 0.850. The van der Waals surface area contributed by atoms with Crippen molar-refractivity contribution in [3.8, 4) is 0 Å². The highest BCUT2D eigenvalue weighted by Gasteiger charge is 2.07. The molecule has 1 aromatic heterocycles. The highest BCUT2D eigenvalue weighted by molar-refractivity contribution is 7.09. The van der Waals surface area contributed by atoms with Gasteiger partial charge < -0.3 is 5.32 Å². The highest BCUT2D eigenvalue weighted by Crippen LogP contribution is 2.22. The first-order chi connectivity index (χ1) is 8.27. The molecule has 3 heteroatoms. The van der Waals surface area contributed by atoms with E-state index in [1.807, 2.05) is 29.5 Å². The van der Waals surface area contributed by atoms with E-state index in [9.17, 15) is 0 Å². The lowest BCUT2D eigenvalue weighted by Crippen LogP contribution is -2.21. The smallest absolute Gasteiger partial charge is 0.0453 e. The summed E-state index contributed by atoms with van der Waals surface area (Å²) >= 11 is 7.97. The molecule has 0 aliphatic carbocycles. The zero-order chi connectivity index (χ0) is 12.1. The third kappa shape index (κ3) is 3.56. The van der Waals surface area contributed by atoms with Crippen LogP contribution in [0.5, 0.6) is 0 Å². The Morgan fingerprint density at radius 2 is 2.06 bits per heavy atom. The van der Waals surface area contributed by atoms with Gasteiger partial charge >= 0.3 is 0 Å². The van der Waals surface area contributed by atoms with Gasteiger partial charge in [-0.15, -0.1) is 11.3 Å². The number of thiophene rings is 1. The van der Waals surface area contributed by atoms with Crippen LogP contribution in [0, 0.1) is 0 Å². The van der Waals surface area contributed by atoms with Crippen LogP contribution in [0.2, 0.25) is 5.02 Å². The first kappa shape index (κ1) is 12.6. The Morgan fingerprint density at radius 3 is 2.76 bits per heavy atom. The van der Waals surface area contributed by atoms with Crippen LogP contribution in [-0.2, 0) is 6.42 Å². The van der Waals surface area contributed by atoms with Gasteiger partial charge in [0.05, 0.1) is 0 Å². The molecular weight excluding hydrogens is 250 g/mol. The number of benzene rings is 1. The molecule has 0 saturated carbocycles. The molecule has 0 spiro atoms. The molecule has 0 amide bonds. The zero-order valence-corrected chi connectivity index (χ0v) is 11.4. The molecule has 2 aromatic rings. The van der Waals surface area contributed by atoms with Gasteiger partial charge in [-0.2, -0.15) is 0 Å². The zero-order valence-electron chi connectivity index (χ0n) is 9.82. The monoisotopic (exact) mass is 265 g/mol. The van der Waals surface area contributed by atoms with Crippen LogP contribution in [0.15, 0.2) is 41.8 Å². The number of halogens is 1. The molecular formula is C14H16ClNS. The second kappa shape index (κ2) is 6.20. The highest BCUT2D eigenvalue weighted by atomic mass is 35.5. The van der Waals surface area contributed by atoms with Gasteiger partial charge in [0.15, 0.2) is 0 Å². The minimum Gasteiger partial charge on any atom is -0.310 e. The van der Waals surface area contributed by atoms with Gasteiger partial charge in [0.1, 0.15) is 0 Å². The molecule has 0 fully saturated rings. The van der Waals surface area contributed by atoms with E-state index < -0.39 is 0 Å². The molecule has 1 nitrogen and oxygen atoms in total. The lowest BCUT2D eigenvalue weighted by molar-refractivity contribution is 0.579. The summed E-state index contributed by atoms with van der Waals surface area (Å²) in [4.78, 5) is 1.42. The van der Waals surface area contributed by atoms with Crippen molar-refractivity contribution in [2.75, 3.05) is 6.54 Å². The van der Waals surface area contributed by atoms with Crippen molar-refractivity contribution in [3.05, 3.63) is 57.2 Å². The van der Waals surface area contributed by atoms with Crippen LogP contribution in [0.25, 0.3) is 0 Å². The van der Waals surface area contributed by atoms with Gasteiger partial charge in [0.25, 0.3) is 0 Å². The lowest BCUT2D eigenvalue weighted by Gasteiger charge is -2.15. The number of rotatable bonds is 5. The fraction of sp³-hybridized carbons (Fsp3) is 0.286. The molecule has 1 aromatic carbocycles. The second-order valence-corrected chi connectivity index (χ2v) is 5.47. The largest absolute Gasteiger partial charge is 0.310 e. The third-order valence-corrected chi connectivity index (χ3v) is 4.05. The Labute approximate surface area is 111 Å². The van der Waals surface area contributed by atoms with E-state index in [2.05, 4.69) is 35.8 Å². The molecule has 1 N–H and O–H groups in total. The van der Waals surface area contributed by atoms with Crippen LogP contribution < -0.4 is 5.32 Å². The molecule has 0 aliphatic rings. The van der Waals surface area contributed by atoms with Crippen LogP contribution >= 0.6 is 22.9 Å². The molecule has 2 rings (SSSR count). The summed E-state index contributed by atoms with van der Waals surface area (Å²) in [6.07, 6.45) is 1.08. The van der Waals surface area contributed by atoms with Crippen LogP contribution in [0.4, 0.5) is 0 Å². The van der Waals surface area contributed by atoms with Gasteiger partial charge in [0, 0.05) is 22.5 Å². The molecule has 0 bridgehead atoms. The Hall–Kier alpha value is -0.830. The second-order valence-electron chi connectivity index (χ2n) is 4.03. The summed E-state index contributed by atoms with van der Waals surface area (Å²) in [6, 6.07) is 12.6. The average Bonchev–Trinajstić information content (AvgIpc) is 2.82. The minimum absolute atomic E-state index is 0.295. The maximum absolute atomic E-state index is 6.16. The fourth-order valence-corrected chi connectivity index (χ4v) is 2.81. The molecule has 17 heavy (non-hydrogen) atoms. The van der Waals surface area contributed by atoms with E-state index >= 15 is 0 Å². The van der Waals surface area contributed by atoms with Crippen molar-refractivity contribution in [1.82, 2.24) is 5.32 Å². The Balaban J connectivity index is 1.85. The summed E-state index contributed by atoms with van der Waals surface area (Å²) in [5, 5.41) is 6.45. The molecule has 1 atom stereocenters. The average molecular weight is 266 g/mol. The summed E-state index contributed by atoms with van der Waals surface area (Å²) in [5.74, 6) is 0. The van der Waals surface area contributed by atoms with Crippen molar-refractivity contribution in [2.45, 2.75) is 19.4 Å². The topological polar surface area (TPSA) is 12.0 Å². The SMILES string of the molecule is CC(NCCc1cccs1)c1ccccc1Cl. The van der Waals surface area contributed by atoms with Crippen molar-refractivity contribution < 1.29 is 0 Å². The summed E-state index contributed by atoms with van der Waals surface area (Å²) in [5.41, 5.74) is 1.17. The predicted molar refractivity (Wildman–Crippen MR) is 75.9 cm³/mol. The van der Waals surface area contributed by atoms with Gasteiger partial charge in [-0.25, -0.2) is 0 Å². The first-order valence-electron chi connectivity index (χ1n) is 5.77. The number of hydrogen-bond donors (Lipinski definition) is 1. The minimum atomic E-state index is 0.295. The summed E-state index contributed by atoms with van der Waals surface area (Å²) < 4.78 is 0. The van der Waals surface area contributed by atoms with E-state index in [0.29, 0.717) is 6.04 Å². The molecule has 1 heterocycles. The van der Waals surface area contributed by atoms with Crippen LogP contribution in [0.3, 0.4) is 0 Å². The third-order valence-electron chi connectivity index (χ3n) is 2.77. The summed E-state index contributed by atoms with van der Waals surface area (Å²) in [7, 11) is 0. The van der Waals surface area contributed by atoms with Crippen LogP contribution in [-0.4, -0.2) is 6.54 Å². The van der Waals surface area contributed by atoms with E-state index in [1.165, 1.54) is 10.4 Å². The number of nitrogens with one attached hydrogen (secondary N) is 1. The molecule has 0 radical (unpaired) electrons. The predicted octanol–water partition coefficient (Wildman–Crippen LogP) is 4.29. The van der Waals surface area contributed by atoms with E-state index in [0.717, 1.165) is 18.0 Å². The van der Waals surface area contributed by atoms with Gasteiger partial charge in [-0.1, -0.05) is 35.9 Å². The van der Waals surface area contributed by atoms with Crippen LogP contribution in [0.1, 0.15) is 23.4 Å². The van der Waals surface area contributed by atoms with Gasteiger partial charge in [-0.3, -0.25) is 0 Å². The van der Waals surface area contributed by atoms with Gasteiger partial charge in [-0.05, 0) is 36.4 Å². The van der Waals surface area contributed by atoms with Crippen molar-refractivity contribution in [2.24, 2.45) is 0 Å². The molecule has 0 saturated heterocycles. The molecule has 1 unspecified atom stereocenters. The Morgan fingerprint density at radius 1 is 1.24 bits per heavy atom. The lowest BCUT2D eigenvalue weighted by atomic mass is 10.1. The Kier molecular flexibility index (Phi) is 4.60. The normalized spacial score (nSPS) is 12.6. The number of hydrogen-bond acceptors (Lipinski definition) is 2. The maximum atomic E-state index is 6.16. The van der Waals surface area contributed by atoms with Gasteiger partial charge in [0.2, 0.25) is 0 Å². The van der Waals surface area contributed by atoms with E-state index in [4.69, 9.17) is 11.6 Å². The van der Waals surface area contributed by atoms with Crippen molar-refractivity contribution in [3.63, 3.8) is 0 Å². The standard InChI is InChI=1S/C14H16ClNS/c1-11(13-6-2-3-7-14(13)15)16-9-8-12-5-4-10-17-12/h2-7,10-11,16H,8-9H2,1H3. The molecule has 0 aliphatic heterocycles. The molecule has 90 valence electrons.